The highest BCUT2D eigenvalue weighted by molar-refractivity contribution is 5.96. The number of ether oxygens (including phenoxy) is 1. The second kappa shape index (κ2) is 8.04. The number of benzene rings is 2. The van der Waals surface area contributed by atoms with Gasteiger partial charge in [-0.2, -0.15) is 0 Å². The first-order chi connectivity index (χ1) is 12.6. The van der Waals surface area contributed by atoms with Crippen LogP contribution in [0.4, 0.5) is 0 Å². The Hall–Kier alpha value is -2.82. The van der Waals surface area contributed by atoms with Crippen LogP contribution in [0.3, 0.4) is 0 Å². The van der Waals surface area contributed by atoms with Gasteiger partial charge in [0.1, 0.15) is 5.75 Å². The summed E-state index contributed by atoms with van der Waals surface area (Å²) in [7, 11) is 0. The van der Waals surface area contributed by atoms with E-state index < -0.39 is 0 Å². The molecule has 136 valence electrons. The third kappa shape index (κ3) is 3.87. The van der Waals surface area contributed by atoms with Crippen molar-refractivity contribution in [2.45, 2.75) is 13.8 Å². The molecule has 2 aromatic rings. The van der Waals surface area contributed by atoms with E-state index >= 15 is 0 Å². The van der Waals surface area contributed by atoms with Gasteiger partial charge in [0.15, 0.2) is 0 Å². The first kappa shape index (κ1) is 18.0. The van der Waals surface area contributed by atoms with E-state index in [-0.39, 0.29) is 11.8 Å². The number of amides is 2. The molecular formula is C21H24N2O3. The number of carbonyl (C=O) groups excluding carboxylic acids is 2. The van der Waals surface area contributed by atoms with Crippen molar-refractivity contribution in [2.24, 2.45) is 0 Å². The average Bonchev–Trinajstić information content (AvgIpc) is 2.68. The Labute approximate surface area is 154 Å². The topological polar surface area (TPSA) is 49.9 Å². The van der Waals surface area contributed by atoms with E-state index in [9.17, 15) is 9.59 Å². The van der Waals surface area contributed by atoms with Crippen molar-refractivity contribution < 1.29 is 14.3 Å². The van der Waals surface area contributed by atoms with Gasteiger partial charge in [0, 0.05) is 37.3 Å². The first-order valence-electron chi connectivity index (χ1n) is 8.97. The molecule has 1 saturated heterocycles. The number of nitrogens with zero attached hydrogens (tertiary/aromatic N) is 2. The minimum absolute atomic E-state index is 0.00367. The molecule has 2 amide bonds. The zero-order valence-electron chi connectivity index (χ0n) is 15.3. The molecule has 0 atom stereocenters. The van der Waals surface area contributed by atoms with Gasteiger partial charge in [-0.1, -0.05) is 18.2 Å². The Morgan fingerprint density at radius 1 is 0.885 bits per heavy atom. The van der Waals surface area contributed by atoms with Crippen LogP contribution in [-0.4, -0.2) is 54.4 Å². The highest BCUT2D eigenvalue weighted by atomic mass is 16.5. The first-order valence-corrected chi connectivity index (χ1v) is 8.97. The van der Waals surface area contributed by atoms with Crippen molar-refractivity contribution in [3.8, 4) is 5.75 Å². The van der Waals surface area contributed by atoms with Crippen molar-refractivity contribution in [2.75, 3.05) is 32.8 Å². The van der Waals surface area contributed by atoms with Crippen LogP contribution in [0.25, 0.3) is 0 Å². The van der Waals surface area contributed by atoms with E-state index in [1.54, 1.807) is 17.0 Å². The maximum atomic E-state index is 12.7. The molecule has 3 rings (SSSR count). The highest BCUT2D eigenvalue weighted by Gasteiger charge is 2.26. The van der Waals surface area contributed by atoms with Crippen molar-refractivity contribution in [3.63, 3.8) is 0 Å². The van der Waals surface area contributed by atoms with Crippen LogP contribution in [0.5, 0.6) is 5.75 Å². The van der Waals surface area contributed by atoms with Crippen LogP contribution in [0, 0.1) is 6.92 Å². The number of piperazine rings is 1. The Bertz CT molecular complexity index is 778. The van der Waals surface area contributed by atoms with E-state index in [2.05, 4.69) is 0 Å². The summed E-state index contributed by atoms with van der Waals surface area (Å²) in [5.41, 5.74) is 2.36. The summed E-state index contributed by atoms with van der Waals surface area (Å²) in [5, 5.41) is 0. The Morgan fingerprint density at radius 3 is 2.04 bits per heavy atom. The van der Waals surface area contributed by atoms with Crippen LogP contribution < -0.4 is 4.74 Å². The number of hydrogen-bond donors (Lipinski definition) is 0. The molecule has 0 radical (unpaired) electrons. The van der Waals surface area contributed by atoms with E-state index in [0.717, 1.165) is 16.9 Å². The van der Waals surface area contributed by atoms with E-state index in [0.29, 0.717) is 38.3 Å². The number of aryl methyl sites for hydroxylation is 1. The average molecular weight is 352 g/mol. The molecule has 0 aromatic heterocycles. The molecule has 1 aliphatic rings. The number of hydrogen-bond acceptors (Lipinski definition) is 3. The smallest absolute Gasteiger partial charge is 0.254 e. The predicted molar refractivity (Wildman–Crippen MR) is 101 cm³/mol. The molecular weight excluding hydrogens is 328 g/mol. The van der Waals surface area contributed by atoms with Crippen molar-refractivity contribution >= 4 is 11.8 Å². The monoisotopic (exact) mass is 352 g/mol. The third-order valence-corrected chi connectivity index (χ3v) is 4.64. The lowest BCUT2D eigenvalue weighted by Crippen LogP contribution is -2.50. The molecule has 0 saturated carbocycles. The van der Waals surface area contributed by atoms with Gasteiger partial charge in [-0.3, -0.25) is 9.59 Å². The molecule has 1 heterocycles. The lowest BCUT2D eigenvalue weighted by molar-refractivity contribution is 0.0535. The maximum absolute atomic E-state index is 12.7. The fourth-order valence-electron chi connectivity index (χ4n) is 3.14. The van der Waals surface area contributed by atoms with E-state index in [1.165, 1.54) is 0 Å². The second-order valence-electron chi connectivity index (χ2n) is 6.36. The fourth-order valence-corrected chi connectivity index (χ4v) is 3.14. The number of rotatable bonds is 4. The summed E-state index contributed by atoms with van der Waals surface area (Å²) in [5.74, 6) is 0.796. The van der Waals surface area contributed by atoms with Gasteiger partial charge in [0.2, 0.25) is 0 Å². The molecule has 5 heteroatoms. The normalized spacial score (nSPS) is 14.2. The zero-order valence-corrected chi connectivity index (χ0v) is 15.3. The summed E-state index contributed by atoms with van der Waals surface area (Å²) in [6.45, 7) is 6.67. The lowest BCUT2D eigenvalue weighted by atomic mass is 10.1. The van der Waals surface area contributed by atoms with Gasteiger partial charge >= 0.3 is 0 Å². The minimum Gasteiger partial charge on any atom is -0.494 e. The fraction of sp³-hybridized carbons (Fsp3) is 0.333. The van der Waals surface area contributed by atoms with Gasteiger partial charge in [-0.05, 0) is 49.7 Å². The van der Waals surface area contributed by atoms with Crippen molar-refractivity contribution in [3.05, 3.63) is 65.2 Å². The molecule has 5 nitrogen and oxygen atoms in total. The van der Waals surface area contributed by atoms with Crippen LogP contribution in [0.1, 0.15) is 33.2 Å². The Balaban J connectivity index is 1.60. The van der Waals surface area contributed by atoms with Crippen LogP contribution in [0.2, 0.25) is 0 Å². The lowest BCUT2D eigenvalue weighted by Gasteiger charge is -2.35. The third-order valence-electron chi connectivity index (χ3n) is 4.64. The summed E-state index contributed by atoms with van der Waals surface area (Å²) < 4.78 is 5.41. The van der Waals surface area contributed by atoms with Gasteiger partial charge in [-0.15, -0.1) is 0 Å². The summed E-state index contributed by atoms with van der Waals surface area (Å²) in [6.07, 6.45) is 0. The van der Waals surface area contributed by atoms with Crippen molar-refractivity contribution in [1.82, 2.24) is 9.80 Å². The summed E-state index contributed by atoms with van der Waals surface area (Å²) in [6, 6.07) is 14.8. The molecule has 0 bridgehead atoms. The number of carbonyl (C=O) groups is 2. The Kier molecular flexibility index (Phi) is 5.56. The standard InChI is InChI=1S/C21H24N2O3/c1-3-26-18-10-8-17(9-11-18)20(24)22-12-14-23(15-13-22)21(25)19-7-5-4-6-16(19)2/h4-11H,3,12-15H2,1-2H3. The van der Waals surface area contributed by atoms with E-state index in [4.69, 9.17) is 4.74 Å². The van der Waals surface area contributed by atoms with E-state index in [1.807, 2.05) is 55.1 Å². The molecule has 1 fully saturated rings. The summed E-state index contributed by atoms with van der Waals surface area (Å²) in [4.78, 5) is 29.0. The second-order valence-corrected chi connectivity index (χ2v) is 6.36. The minimum atomic E-state index is -0.00367. The molecule has 0 aliphatic carbocycles. The van der Waals surface area contributed by atoms with Crippen molar-refractivity contribution in [1.29, 1.82) is 0 Å². The van der Waals surface area contributed by atoms with Gasteiger partial charge < -0.3 is 14.5 Å². The maximum Gasteiger partial charge on any atom is 0.254 e. The molecule has 0 unspecified atom stereocenters. The molecule has 0 N–H and O–H groups in total. The predicted octanol–water partition coefficient (Wildman–Crippen LogP) is 2.99. The summed E-state index contributed by atoms with van der Waals surface area (Å²) >= 11 is 0. The largest absolute Gasteiger partial charge is 0.494 e. The molecule has 0 spiro atoms. The molecule has 26 heavy (non-hydrogen) atoms. The zero-order chi connectivity index (χ0) is 18.5. The van der Waals surface area contributed by atoms with Crippen LogP contribution >= 0.6 is 0 Å². The van der Waals surface area contributed by atoms with Gasteiger partial charge in [0.25, 0.3) is 11.8 Å². The SMILES string of the molecule is CCOc1ccc(C(=O)N2CCN(C(=O)c3ccccc3C)CC2)cc1. The van der Waals surface area contributed by atoms with Gasteiger partial charge in [-0.25, -0.2) is 0 Å². The van der Waals surface area contributed by atoms with Crippen LogP contribution in [0.15, 0.2) is 48.5 Å². The molecule has 1 aliphatic heterocycles. The molecule has 2 aromatic carbocycles. The highest BCUT2D eigenvalue weighted by Crippen LogP contribution is 2.16. The van der Waals surface area contributed by atoms with Gasteiger partial charge in [0.05, 0.1) is 6.61 Å². The van der Waals surface area contributed by atoms with Crippen LogP contribution in [-0.2, 0) is 0 Å². The quantitative estimate of drug-likeness (QED) is 0.850. The Morgan fingerprint density at radius 2 is 1.46 bits per heavy atom.